The van der Waals surface area contributed by atoms with Gasteiger partial charge in [-0.1, -0.05) is 115 Å². The number of para-hydroxylation sites is 1. The van der Waals surface area contributed by atoms with Crippen LogP contribution < -0.4 is 10.2 Å². The number of nitrogens with zero attached hydrogens (tertiary/aromatic N) is 2. The molecule has 3 aromatic rings. The van der Waals surface area contributed by atoms with Crippen molar-refractivity contribution in [2.24, 2.45) is 5.92 Å². The summed E-state index contributed by atoms with van der Waals surface area (Å²) in [4.78, 5) is 57.6. The van der Waals surface area contributed by atoms with Crippen molar-refractivity contribution in [3.63, 3.8) is 0 Å². The van der Waals surface area contributed by atoms with Gasteiger partial charge in [-0.05, 0) is 40.7 Å². The highest BCUT2D eigenvalue weighted by atomic mass is 35.6. The Bertz CT molecular complexity index is 1770. The van der Waals surface area contributed by atoms with Crippen molar-refractivity contribution >= 4 is 64.6 Å². The van der Waals surface area contributed by atoms with Crippen molar-refractivity contribution in [2.75, 3.05) is 18.1 Å². The molecule has 0 radical (unpaired) electrons. The van der Waals surface area contributed by atoms with Crippen LogP contribution in [0.4, 0.5) is 15.3 Å². The minimum Gasteiger partial charge on any atom is -0.448 e. The van der Waals surface area contributed by atoms with Gasteiger partial charge >= 0.3 is 18.2 Å². The number of alkyl halides is 3. The highest BCUT2D eigenvalue weighted by Crippen LogP contribution is 2.56. The zero-order chi connectivity index (χ0) is 34.0. The number of fused-ring (bicyclic) bond motifs is 8. The SMILES string of the molecule is CC(C)C[C@H]1C(=O)N2c3ccccc3[C@]3(C[C@@H](NC(=O)OCC(Cl)(Cl)Cl)C(=O)O3)[C@@H]2N1C(=O)OCC1c2ccccc2-c2ccccc21. The van der Waals surface area contributed by atoms with Gasteiger partial charge in [0.15, 0.2) is 11.8 Å². The quantitative estimate of drug-likeness (QED) is 0.173. The molecule has 3 heterocycles. The van der Waals surface area contributed by atoms with Crippen molar-refractivity contribution in [2.45, 2.75) is 60.3 Å². The lowest BCUT2D eigenvalue weighted by molar-refractivity contribution is -0.154. The molecule has 4 aliphatic rings. The van der Waals surface area contributed by atoms with E-state index in [1.807, 2.05) is 50.2 Å². The molecule has 3 aliphatic heterocycles. The number of rotatable bonds is 6. The van der Waals surface area contributed by atoms with Crippen LogP contribution in [0.15, 0.2) is 72.8 Å². The van der Waals surface area contributed by atoms with E-state index in [1.54, 1.807) is 24.3 Å². The third-order valence-corrected chi connectivity index (χ3v) is 9.71. The Morgan fingerprint density at radius 2 is 1.58 bits per heavy atom. The van der Waals surface area contributed by atoms with Crippen LogP contribution >= 0.6 is 34.8 Å². The van der Waals surface area contributed by atoms with Crippen molar-refractivity contribution in [3.8, 4) is 11.1 Å². The van der Waals surface area contributed by atoms with Crippen LogP contribution in [0.25, 0.3) is 11.1 Å². The molecule has 13 heteroatoms. The van der Waals surface area contributed by atoms with E-state index in [0.29, 0.717) is 17.7 Å². The first-order chi connectivity index (χ1) is 22.9. The second-order valence-corrected chi connectivity index (χ2v) is 15.4. The molecule has 7 rings (SSSR count). The molecule has 2 fully saturated rings. The van der Waals surface area contributed by atoms with Gasteiger partial charge in [0.05, 0.1) is 5.69 Å². The summed E-state index contributed by atoms with van der Waals surface area (Å²) >= 11 is 17.1. The Kier molecular flexibility index (Phi) is 8.25. The molecule has 3 aromatic carbocycles. The number of nitrogens with one attached hydrogen (secondary N) is 1. The Morgan fingerprint density at radius 1 is 0.958 bits per heavy atom. The zero-order valence-electron chi connectivity index (χ0n) is 26.0. The Labute approximate surface area is 292 Å². The van der Waals surface area contributed by atoms with Crippen LogP contribution in [0.1, 0.15) is 49.3 Å². The first-order valence-corrected chi connectivity index (χ1v) is 16.8. The van der Waals surface area contributed by atoms with Gasteiger partial charge in [0.1, 0.15) is 25.3 Å². The van der Waals surface area contributed by atoms with E-state index < -0.39 is 52.4 Å². The summed E-state index contributed by atoms with van der Waals surface area (Å²) in [6.07, 6.45) is -2.49. The smallest absolute Gasteiger partial charge is 0.412 e. The molecule has 1 N–H and O–H groups in total. The minimum atomic E-state index is -1.85. The normalized spacial score (nSPS) is 24.0. The topological polar surface area (TPSA) is 114 Å². The molecular formula is C35H32Cl3N3O7. The van der Waals surface area contributed by atoms with Crippen molar-refractivity contribution in [1.82, 2.24) is 10.2 Å². The summed E-state index contributed by atoms with van der Waals surface area (Å²) in [5.74, 6) is -1.22. The third kappa shape index (κ3) is 5.44. The average molecular weight is 713 g/mol. The number of hydrogen-bond donors (Lipinski definition) is 1. The van der Waals surface area contributed by atoms with Crippen LogP contribution in [-0.2, 0) is 29.4 Å². The maximum Gasteiger partial charge on any atom is 0.412 e. The Balaban J connectivity index is 1.21. The largest absolute Gasteiger partial charge is 0.448 e. The van der Waals surface area contributed by atoms with E-state index in [0.717, 1.165) is 22.3 Å². The zero-order valence-corrected chi connectivity index (χ0v) is 28.3. The fourth-order valence-corrected chi connectivity index (χ4v) is 7.72. The lowest BCUT2D eigenvalue weighted by Crippen LogP contribution is -2.54. The van der Waals surface area contributed by atoms with Crippen LogP contribution in [0.3, 0.4) is 0 Å². The predicted molar refractivity (Wildman–Crippen MR) is 179 cm³/mol. The molecule has 48 heavy (non-hydrogen) atoms. The van der Waals surface area contributed by atoms with Gasteiger partial charge in [-0.25, -0.2) is 14.4 Å². The highest BCUT2D eigenvalue weighted by molar-refractivity contribution is 6.67. The van der Waals surface area contributed by atoms with E-state index in [9.17, 15) is 19.2 Å². The number of carbonyl (C=O) groups excluding carboxylic acids is 4. The summed E-state index contributed by atoms with van der Waals surface area (Å²) in [5.41, 5.74) is 3.82. The van der Waals surface area contributed by atoms with Crippen LogP contribution in [0.5, 0.6) is 0 Å². The van der Waals surface area contributed by atoms with Crippen molar-refractivity contribution < 1.29 is 33.4 Å². The first kappa shape index (κ1) is 32.6. The Morgan fingerprint density at radius 3 is 2.23 bits per heavy atom. The van der Waals surface area contributed by atoms with Crippen LogP contribution in [-0.4, -0.2) is 64.2 Å². The number of hydrogen-bond acceptors (Lipinski definition) is 7. The fourth-order valence-electron chi connectivity index (χ4n) is 7.56. The van der Waals surface area contributed by atoms with Gasteiger partial charge in [0, 0.05) is 17.9 Å². The van der Waals surface area contributed by atoms with Crippen LogP contribution in [0.2, 0.25) is 0 Å². The van der Waals surface area contributed by atoms with E-state index in [-0.39, 0.29) is 30.8 Å². The highest BCUT2D eigenvalue weighted by Gasteiger charge is 2.69. The number of carbonyl (C=O) groups is 4. The number of benzene rings is 3. The number of esters is 1. The molecular weight excluding hydrogens is 681 g/mol. The van der Waals surface area contributed by atoms with Gasteiger partial charge < -0.3 is 19.5 Å². The number of alkyl carbamates (subject to hydrolysis) is 1. The first-order valence-electron chi connectivity index (χ1n) is 15.7. The predicted octanol–water partition coefficient (Wildman–Crippen LogP) is 6.65. The Hall–Kier alpha value is -3.99. The van der Waals surface area contributed by atoms with Crippen LogP contribution in [0, 0.1) is 5.92 Å². The molecule has 1 aliphatic carbocycles. The summed E-state index contributed by atoms with van der Waals surface area (Å²) in [6.45, 7) is 3.43. The number of ether oxygens (including phenoxy) is 3. The molecule has 2 saturated heterocycles. The van der Waals surface area contributed by atoms with Gasteiger partial charge in [0.2, 0.25) is 3.79 Å². The maximum atomic E-state index is 14.4. The second kappa shape index (κ2) is 12.2. The second-order valence-electron chi connectivity index (χ2n) is 12.9. The standard InChI is InChI=1S/C35H32Cl3N3O7/c1-19(2)15-28-29(42)40-27-14-8-7-13-25(27)34(16-26(30(43)48-34)39-32(44)47-18-35(36,37)38)31(40)41(28)33(45)46-17-24-22-11-5-3-9-20(22)21-10-4-6-12-23(21)24/h3-14,19,24,26,28,31H,15-18H2,1-2H3,(H,39,44)/t26-,28+,31+,34-/m1/s1. The van der Waals surface area contributed by atoms with Crippen molar-refractivity contribution in [3.05, 3.63) is 89.5 Å². The summed E-state index contributed by atoms with van der Waals surface area (Å²) in [5, 5.41) is 2.49. The molecule has 0 saturated carbocycles. The molecule has 0 unspecified atom stereocenters. The van der Waals surface area contributed by atoms with Gasteiger partial charge in [-0.15, -0.1) is 0 Å². The summed E-state index contributed by atoms with van der Waals surface area (Å²) in [6, 6.07) is 21.0. The van der Waals surface area contributed by atoms with E-state index >= 15 is 0 Å². The van der Waals surface area contributed by atoms with Gasteiger partial charge in [-0.3, -0.25) is 14.6 Å². The lowest BCUT2D eigenvalue weighted by atomic mass is 9.88. The van der Waals surface area contributed by atoms with E-state index in [4.69, 9.17) is 49.0 Å². The molecule has 1 spiro atoms. The lowest BCUT2D eigenvalue weighted by Gasteiger charge is -2.36. The summed E-state index contributed by atoms with van der Waals surface area (Å²) < 4.78 is 15.4. The molecule has 0 bridgehead atoms. The number of halogens is 3. The number of amides is 3. The van der Waals surface area contributed by atoms with E-state index in [1.165, 1.54) is 9.80 Å². The van der Waals surface area contributed by atoms with Gasteiger partial charge in [-0.2, -0.15) is 0 Å². The van der Waals surface area contributed by atoms with E-state index in [2.05, 4.69) is 17.4 Å². The molecule has 250 valence electrons. The van der Waals surface area contributed by atoms with Crippen molar-refractivity contribution in [1.29, 1.82) is 0 Å². The monoisotopic (exact) mass is 711 g/mol. The molecule has 0 aromatic heterocycles. The average Bonchev–Trinajstić information content (AvgIpc) is 3.73. The third-order valence-electron chi connectivity index (χ3n) is 9.38. The molecule has 4 atom stereocenters. The van der Waals surface area contributed by atoms with Gasteiger partial charge in [0.25, 0.3) is 5.91 Å². The molecule has 3 amide bonds. The maximum absolute atomic E-state index is 14.4. The minimum absolute atomic E-state index is 0.0393. The number of anilines is 1. The molecule has 10 nitrogen and oxygen atoms in total. The summed E-state index contributed by atoms with van der Waals surface area (Å²) in [7, 11) is 0. The fraction of sp³-hybridized carbons (Fsp3) is 0.371.